The summed E-state index contributed by atoms with van der Waals surface area (Å²) in [7, 11) is 0. The van der Waals surface area contributed by atoms with E-state index >= 15 is 0 Å². The molecule has 4 rings (SSSR count). The van der Waals surface area contributed by atoms with Crippen LogP contribution in [0.15, 0.2) is 66.1 Å². The largest absolute Gasteiger partial charge is 0.337 e. The summed E-state index contributed by atoms with van der Waals surface area (Å²) >= 11 is 7.71. The van der Waals surface area contributed by atoms with Gasteiger partial charge in [0, 0.05) is 16.0 Å². The smallest absolute Gasteiger partial charge is 0.186 e. The maximum absolute atomic E-state index is 5.98. The molecule has 1 aromatic heterocycles. The minimum atomic E-state index is 0.759. The summed E-state index contributed by atoms with van der Waals surface area (Å²) in [5.74, 6) is 0. The summed E-state index contributed by atoms with van der Waals surface area (Å²) in [6.07, 6.45) is 4.51. The van der Waals surface area contributed by atoms with E-state index in [-0.39, 0.29) is 0 Å². The number of hydrogen-bond donors (Lipinski definition) is 1. The molecule has 3 nitrogen and oxygen atoms in total. The molecule has 0 saturated carbocycles. The van der Waals surface area contributed by atoms with Gasteiger partial charge in [0.2, 0.25) is 0 Å². The van der Waals surface area contributed by atoms with Gasteiger partial charge in [-0.25, -0.2) is 4.98 Å². The molecule has 138 valence electrons. The predicted molar refractivity (Wildman–Crippen MR) is 116 cm³/mol. The first-order valence-corrected chi connectivity index (χ1v) is 10.6. The molecule has 3 aromatic rings. The van der Waals surface area contributed by atoms with Gasteiger partial charge in [-0.05, 0) is 23.8 Å². The predicted octanol–water partition coefficient (Wildman–Crippen LogP) is 3.88. The van der Waals surface area contributed by atoms with Crippen molar-refractivity contribution in [3.63, 3.8) is 0 Å². The number of halogens is 1. The van der Waals surface area contributed by atoms with E-state index < -0.39 is 0 Å². The fraction of sp³-hybridized carbons (Fsp3) is 0.227. The van der Waals surface area contributed by atoms with Crippen LogP contribution in [0.4, 0.5) is 5.13 Å². The molecule has 0 bridgehead atoms. The SMILES string of the molecule is Clc1ccc(-c2csc(N3CC[NH+](C/C=C/c4ccccc4)CC3)n2)cc1. The monoisotopic (exact) mass is 396 g/mol. The molecule has 1 aliphatic rings. The van der Waals surface area contributed by atoms with Gasteiger partial charge in [0.25, 0.3) is 0 Å². The Kier molecular flexibility index (Phi) is 5.87. The van der Waals surface area contributed by atoms with E-state index in [2.05, 4.69) is 52.8 Å². The van der Waals surface area contributed by atoms with Gasteiger partial charge in [-0.1, -0.05) is 60.1 Å². The Morgan fingerprint density at radius 3 is 2.52 bits per heavy atom. The zero-order chi connectivity index (χ0) is 18.5. The number of aromatic nitrogens is 1. The van der Waals surface area contributed by atoms with Gasteiger partial charge in [0.1, 0.15) is 0 Å². The zero-order valence-electron chi connectivity index (χ0n) is 15.1. The maximum Gasteiger partial charge on any atom is 0.186 e. The Labute approximate surface area is 169 Å². The number of anilines is 1. The van der Waals surface area contributed by atoms with Gasteiger partial charge < -0.3 is 9.80 Å². The first-order chi connectivity index (χ1) is 13.3. The molecule has 1 aliphatic heterocycles. The molecule has 0 aliphatic carbocycles. The Morgan fingerprint density at radius 1 is 1.04 bits per heavy atom. The number of quaternary nitrogens is 1. The van der Waals surface area contributed by atoms with Crippen LogP contribution in [-0.4, -0.2) is 37.7 Å². The summed E-state index contributed by atoms with van der Waals surface area (Å²) in [5, 5.41) is 4.02. The van der Waals surface area contributed by atoms with E-state index in [1.165, 1.54) is 5.56 Å². The van der Waals surface area contributed by atoms with Crippen LogP contribution < -0.4 is 9.80 Å². The van der Waals surface area contributed by atoms with Crippen molar-refractivity contribution in [2.24, 2.45) is 0 Å². The van der Waals surface area contributed by atoms with Crippen LogP contribution >= 0.6 is 22.9 Å². The van der Waals surface area contributed by atoms with Crippen LogP contribution in [0.2, 0.25) is 5.02 Å². The van der Waals surface area contributed by atoms with Crippen molar-refractivity contribution in [2.45, 2.75) is 0 Å². The molecule has 0 radical (unpaired) electrons. The number of hydrogen-bond acceptors (Lipinski definition) is 3. The normalized spacial score (nSPS) is 15.5. The third-order valence-corrected chi connectivity index (χ3v) is 6.04. The van der Waals surface area contributed by atoms with Gasteiger partial charge in [-0.3, -0.25) is 0 Å². The lowest BCUT2D eigenvalue weighted by atomic mass is 10.2. The van der Waals surface area contributed by atoms with Crippen molar-refractivity contribution in [1.82, 2.24) is 4.98 Å². The van der Waals surface area contributed by atoms with Crippen LogP contribution in [0.5, 0.6) is 0 Å². The molecule has 0 unspecified atom stereocenters. The standard InChI is InChI=1S/C22H22ClN3S/c23-20-10-8-19(9-11-20)21-17-27-22(24-21)26-15-13-25(14-16-26)12-4-7-18-5-2-1-3-6-18/h1-11,17H,12-16H2/p+1/b7-4+. The number of nitrogens with one attached hydrogen (secondary N) is 1. The summed E-state index contributed by atoms with van der Waals surface area (Å²) in [5.41, 5.74) is 3.43. The number of nitrogens with zero attached hydrogens (tertiary/aromatic N) is 2. The van der Waals surface area contributed by atoms with E-state index in [9.17, 15) is 0 Å². The molecule has 27 heavy (non-hydrogen) atoms. The van der Waals surface area contributed by atoms with Crippen LogP contribution in [0.1, 0.15) is 5.56 Å². The number of rotatable bonds is 5. The van der Waals surface area contributed by atoms with E-state index in [1.807, 2.05) is 24.3 Å². The number of thiazole rings is 1. The van der Waals surface area contributed by atoms with Crippen molar-refractivity contribution < 1.29 is 4.90 Å². The van der Waals surface area contributed by atoms with Crippen molar-refractivity contribution in [3.05, 3.63) is 76.6 Å². The number of benzene rings is 2. The van der Waals surface area contributed by atoms with Crippen LogP contribution in [0, 0.1) is 0 Å². The lowest BCUT2D eigenvalue weighted by Crippen LogP contribution is -3.14. The van der Waals surface area contributed by atoms with E-state index in [0.29, 0.717) is 0 Å². The zero-order valence-corrected chi connectivity index (χ0v) is 16.7. The van der Waals surface area contributed by atoms with Gasteiger partial charge in [0.15, 0.2) is 5.13 Å². The minimum Gasteiger partial charge on any atom is -0.337 e. The summed E-state index contributed by atoms with van der Waals surface area (Å²) < 4.78 is 0. The average Bonchev–Trinajstić information content (AvgIpc) is 3.20. The highest BCUT2D eigenvalue weighted by Crippen LogP contribution is 2.28. The third-order valence-electron chi connectivity index (χ3n) is 4.89. The molecule has 0 amide bonds. The van der Waals surface area contributed by atoms with Gasteiger partial charge in [-0.15, -0.1) is 11.3 Å². The van der Waals surface area contributed by atoms with Gasteiger partial charge in [0.05, 0.1) is 38.4 Å². The molecule has 2 aromatic carbocycles. The second kappa shape index (κ2) is 8.70. The summed E-state index contributed by atoms with van der Waals surface area (Å²) in [6.45, 7) is 5.49. The van der Waals surface area contributed by atoms with Crippen molar-refractivity contribution >= 4 is 34.1 Å². The fourth-order valence-electron chi connectivity index (χ4n) is 3.31. The second-order valence-electron chi connectivity index (χ2n) is 6.78. The average molecular weight is 397 g/mol. The van der Waals surface area contributed by atoms with Gasteiger partial charge in [-0.2, -0.15) is 0 Å². The highest BCUT2D eigenvalue weighted by Gasteiger charge is 2.21. The summed E-state index contributed by atoms with van der Waals surface area (Å²) in [6, 6.07) is 18.4. The van der Waals surface area contributed by atoms with E-state index in [0.717, 1.165) is 54.1 Å². The Bertz CT molecular complexity index is 881. The van der Waals surface area contributed by atoms with Crippen molar-refractivity contribution in [2.75, 3.05) is 37.6 Å². The molecular weight excluding hydrogens is 374 g/mol. The highest BCUT2D eigenvalue weighted by molar-refractivity contribution is 7.14. The van der Waals surface area contributed by atoms with E-state index in [4.69, 9.17) is 16.6 Å². The lowest BCUT2D eigenvalue weighted by molar-refractivity contribution is -0.894. The molecule has 0 atom stereocenters. The topological polar surface area (TPSA) is 20.6 Å². The third kappa shape index (κ3) is 4.78. The number of piperazine rings is 1. The molecule has 2 heterocycles. The Hall–Kier alpha value is -2.14. The molecule has 0 spiro atoms. The fourth-order valence-corrected chi connectivity index (χ4v) is 4.32. The van der Waals surface area contributed by atoms with Crippen molar-refractivity contribution in [1.29, 1.82) is 0 Å². The second-order valence-corrected chi connectivity index (χ2v) is 8.05. The molecule has 1 N–H and O–H groups in total. The molecular formula is C22H23ClN3S+. The van der Waals surface area contributed by atoms with Gasteiger partial charge >= 0.3 is 0 Å². The van der Waals surface area contributed by atoms with Crippen LogP contribution in [-0.2, 0) is 0 Å². The first-order valence-electron chi connectivity index (χ1n) is 9.29. The maximum atomic E-state index is 5.98. The Morgan fingerprint density at radius 2 is 1.78 bits per heavy atom. The first kappa shape index (κ1) is 18.2. The molecule has 1 saturated heterocycles. The Balaban J connectivity index is 1.30. The molecule has 1 fully saturated rings. The quantitative estimate of drug-likeness (QED) is 0.706. The van der Waals surface area contributed by atoms with Crippen molar-refractivity contribution in [3.8, 4) is 11.3 Å². The van der Waals surface area contributed by atoms with Crippen LogP contribution in [0.25, 0.3) is 17.3 Å². The highest BCUT2D eigenvalue weighted by atomic mass is 35.5. The lowest BCUT2D eigenvalue weighted by Gasteiger charge is -2.31. The molecule has 5 heteroatoms. The van der Waals surface area contributed by atoms with E-state index in [1.54, 1.807) is 16.2 Å². The van der Waals surface area contributed by atoms with Crippen LogP contribution in [0.3, 0.4) is 0 Å². The minimum absolute atomic E-state index is 0.759. The summed E-state index contributed by atoms with van der Waals surface area (Å²) in [4.78, 5) is 8.88.